The Labute approximate surface area is 79.7 Å². The van der Waals surface area contributed by atoms with Gasteiger partial charge in [0.25, 0.3) is 0 Å². The van der Waals surface area contributed by atoms with E-state index in [1.165, 1.54) is 6.20 Å². The van der Waals surface area contributed by atoms with Crippen LogP contribution in [0.1, 0.15) is 11.3 Å². The third-order valence-corrected chi connectivity index (χ3v) is 2.59. The minimum atomic E-state index is 0.582. The maximum atomic E-state index is 11.2. The van der Waals surface area contributed by atoms with Crippen molar-refractivity contribution in [3.63, 3.8) is 0 Å². The van der Waals surface area contributed by atoms with Crippen LogP contribution in [0.25, 0.3) is 0 Å². The van der Waals surface area contributed by atoms with Crippen LogP contribution in [0.2, 0.25) is 0 Å². The van der Waals surface area contributed by atoms with Crippen molar-refractivity contribution in [2.75, 3.05) is 7.11 Å². The second-order valence-corrected chi connectivity index (χ2v) is 3.40. The van der Waals surface area contributed by atoms with Crippen molar-refractivity contribution in [2.24, 2.45) is 0 Å². The third kappa shape index (κ3) is 1.39. The highest BCUT2D eigenvalue weighted by Gasteiger charge is 2.14. The molecule has 0 aliphatic rings. The highest BCUT2D eigenvalue weighted by Crippen LogP contribution is 2.25. The topological polar surface area (TPSA) is 36.2 Å². The Morgan fingerprint density at radius 1 is 1.50 bits per heavy atom. The summed E-state index contributed by atoms with van der Waals surface area (Å²) in [4.78, 5) is 0. The zero-order valence-corrected chi connectivity index (χ0v) is 8.81. The van der Waals surface area contributed by atoms with E-state index in [0.29, 0.717) is 11.4 Å². The zero-order valence-electron chi connectivity index (χ0n) is 7.22. The van der Waals surface area contributed by atoms with Crippen molar-refractivity contribution in [1.29, 1.82) is 0 Å². The molecule has 0 saturated heterocycles. The van der Waals surface area contributed by atoms with Gasteiger partial charge in [0, 0.05) is 12.5 Å². The van der Waals surface area contributed by atoms with E-state index in [4.69, 9.17) is 4.74 Å². The summed E-state index contributed by atoms with van der Waals surface area (Å²) in [5, 5.41) is 11.2. The molecule has 1 rings (SSSR count). The quantitative estimate of drug-likeness (QED) is 0.545. The molecule has 1 aromatic heterocycles. The molecule has 0 aliphatic carbocycles. The first-order valence-electron chi connectivity index (χ1n) is 3.50. The van der Waals surface area contributed by atoms with E-state index in [1.807, 2.05) is 6.92 Å². The zero-order chi connectivity index (χ0) is 9.30. The summed E-state index contributed by atoms with van der Waals surface area (Å²) >= 11 is 3.27. The molecule has 12 heavy (non-hydrogen) atoms. The molecule has 0 amide bonds. The summed E-state index contributed by atoms with van der Waals surface area (Å²) in [7, 11) is 1.56. The number of ether oxygens (including phenoxy) is 1. The molecule has 0 N–H and O–H groups in total. The molecule has 1 heterocycles. The lowest BCUT2D eigenvalue weighted by Gasteiger charge is -2.09. The van der Waals surface area contributed by atoms with Gasteiger partial charge in [-0.05, 0) is 22.9 Å². The lowest BCUT2D eigenvalue weighted by molar-refractivity contribution is -0.613. The van der Waals surface area contributed by atoms with Crippen LogP contribution in [0.3, 0.4) is 0 Å². The van der Waals surface area contributed by atoms with Crippen molar-refractivity contribution in [3.8, 4) is 5.75 Å². The van der Waals surface area contributed by atoms with E-state index in [-0.39, 0.29) is 0 Å². The highest BCUT2D eigenvalue weighted by atomic mass is 79.9. The fourth-order valence-corrected chi connectivity index (χ4v) is 1.44. The van der Waals surface area contributed by atoms with Crippen molar-refractivity contribution in [1.82, 2.24) is 0 Å². The summed E-state index contributed by atoms with van der Waals surface area (Å²) in [5.74, 6) is 0.638. The first kappa shape index (κ1) is 9.32. The molecule has 4 heteroatoms. The molecule has 1 aromatic rings. The number of hydrogen-bond donors (Lipinski definition) is 0. The van der Waals surface area contributed by atoms with E-state index in [9.17, 15) is 5.21 Å². The van der Waals surface area contributed by atoms with Gasteiger partial charge in [-0.3, -0.25) is 0 Å². The van der Waals surface area contributed by atoms with E-state index in [0.717, 1.165) is 14.8 Å². The predicted octanol–water partition coefficient (Wildman–Crippen LogP) is 1.71. The van der Waals surface area contributed by atoms with Crippen LogP contribution in [-0.2, 0) is 0 Å². The Morgan fingerprint density at radius 3 is 2.58 bits per heavy atom. The van der Waals surface area contributed by atoms with Gasteiger partial charge in [-0.15, -0.1) is 0 Å². The van der Waals surface area contributed by atoms with Gasteiger partial charge < -0.3 is 9.94 Å². The van der Waals surface area contributed by atoms with Gasteiger partial charge >= 0.3 is 0 Å². The number of halogens is 1. The normalized spacial score (nSPS) is 10.0. The molecule has 0 saturated carbocycles. The number of nitrogens with zero attached hydrogens (tertiary/aromatic N) is 1. The van der Waals surface area contributed by atoms with Crippen LogP contribution in [-0.4, -0.2) is 7.11 Å². The second kappa shape index (κ2) is 3.31. The van der Waals surface area contributed by atoms with Gasteiger partial charge in [0.05, 0.1) is 11.6 Å². The van der Waals surface area contributed by atoms with Crippen LogP contribution in [0, 0.1) is 19.1 Å². The lowest BCUT2D eigenvalue weighted by Crippen LogP contribution is -2.30. The summed E-state index contributed by atoms with van der Waals surface area (Å²) in [6, 6.07) is 0. The van der Waals surface area contributed by atoms with Crippen molar-refractivity contribution in [2.45, 2.75) is 13.8 Å². The maximum Gasteiger partial charge on any atom is 0.232 e. The smallest absolute Gasteiger partial charge is 0.232 e. The summed E-state index contributed by atoms with van der Waals surface area (Å²) in [6.45, 7) is 3.63. The van der Waals surface area contributed by atoms with Gasteiger partial charge in [0.15, 0.2) is 11.9 Å². The fourth-order valence-electron chi connectivity index (χ4n) is 1.08. The average molecular weight is 232 g/mol. The van der Waals surface area contributed by atoms with Gasteiger partial charge in [-0.1, -0.05) is 0 Å². The molecule has 0 unspecified atom stereocenters. The molecule has 0 spiro atoms. The Bertz CT molecular complexity index is 286. The van der Waals surface area contributed by atoms with Gasteiger partial charge in [0.2, 0.25) is 5.69 Å². The average Bonchev–Trinajstić information content (AvgIpc) is 2.02. The molecule has 0 bridgehead atoms. The number of methoxy groups -OCH3 is 1. The monoisotopic (exact) mass is 231 g/mol. The molecule has 0 aliphatic heterocycles. The summed E-state index contributed by atoms with van der Waals surface area (Å²) < 4.78 is 6.64. The van der Waals surface area contributed by atoms with Gasteiger partial charge in [-0.25, -0.2) is 0 Å². The van der Waals surface area contributed by atoms with E-state index >= 15 is 0 Å². The Kier molecular flexibility index (Phi) is 2.57. The number of hydrogen-bond acceptors (Lipinski definition) is 2. The van der Waals surface area contributed by atoms with Crippen LogP contribution < -0.4 is 9.47 Å². The van der Waals surface area contributed by atoms with Crippen molar-refractivity contribution >= 4 is 15.9 Å². The van der Waals surface area contributed by atoms with Crippen LogP contribution in [0.15, 0.2) is 10.7 Å². The molecular formula is C8H10BrNO2. The standard InChI is InChI=1S/C8H10BrNO2/c1-5-7(9)4-10(11)6(2)8(5)12-3/h4H,1-3H3. The SMILES string of the molecule is COc1c(C)c(Br)c[n+]([O-])c1C. The Hall–Kier alpha value is -0.770. The molecule has 0 fully saturated rings. The first-order valence-corrected chi connectivity index (χ1v) is 4.30. The van der Waals surface area contributed by atoms with Crippen LogP contribution in [0.4, 0.5) is 0 Å². The minimum Gasteiger partial charge on any atom is -0.618 e. The van der Waals surface area contributed by atoms with E-state index in [1.54, 1.807) is 14.0 Å². The number of rotatable bonds is 1. The Morgan fingerprint density at radius 2 is 2.08 bits per heavy atom. The summed E-state index contributed by atoms with van der Waals surface area (Å²) in [6.07, 6.45) is 1.48. The van der Waals surface area contributed by atoms with Gasteiger partial charge in [-0.2, -0.15) is 4.73 Å². The van der Waals surface area contributed by atoms with Crippen LogP contribution in [0.5, 0.6) is 5.75 Å². The molecule has 0 aromatic carbocycles. The lowest BCUT2D eigenvalue weighted by atomic mass is 10.2. The molecule has 3 nitrogen and oxygen atoms in total. The van der Waals surface area contributed by atoms with Crippen molar-refractivity contribution < 1.29 is 9.47 Å². The van der Waals surface area contributed by atoms with Gasteiger partial charge in [0.1, 0.15) is 0 Å². The largest absolute Gasteiger partial charge is 0.618 e. The van der Waals surface area contributed by atoms with Crippen LogP contribution >= 0.6 is 15.9 Å². The molecular weight excluding hydrogens is 222 g/mol. The number of aromatic nitrogens is 1. The third-order valence-electron chi connectivity index (χ3n) is 1.79. The fraction of sp³-hybridized carbons (Fsp3) is 0.375. The molecule has 0 atom stereocenters. The van der Waals surface area contributed by atoms with E-state index < -0.39 is 0 Å². The first-order chi connectivity index (χ1) is 5.57. The summed E-state index contributed by atoms with van der Waals surface area (Å²) in [5.41, 5.74) is 1.53. The maximum absolute atomic E-state index is 11.2. The minimum absolute atomic E-state index is 0.582. The molecule has 66 valence electrons. The predicted molar refractivity (Wildman–Crippen MR) is 49.1 cm³/mol. The Balaban J connectivity index is 3.42. The molecule has 0 radical (unpaired) electrons. The van der Waals surface area contributed by atoms with E-state index in [2.05, 4.69) is 15.9 Å². The second-order valence-electron chi connectivity index (χ2n) is 2.55. The highest BCUT2D eigenvalue weighted by molar-refractivity contribution is 9.10. The number of pyridine rings is 1. The van der Waals surface area contributed by atoms with Crippen molar-refractivity contribution in [3.05, 3.63) is 27.1 Å².